The minimum Gasteiger partial charge on any atom is -0.487 e. The van der Waals surface area contributed by atoms with Crippen molar-refractivity contribution >= 4 is 29.3 Å². The Morgan fingerprint density at radius 2 is 2.00 bits per heavy atom. The van der Waals surface area contributed by atoms with Gasteiger partial charge in [-0.3, -0.25) is 4.79 Å². The van der Waals surface area contributed by atoms with Crippen LogP contribution in [-0.4, -0.2) is 17.3 Å². The molecule has 1 unspecified atom stereocenters. The second kappa shape index (κ2) is 8.97. The third-order valence-corrected chi connectivity index (χ3v) is 7.02. The second-order valence-electron chi connectivity index (χ2n) is 7.94. The first-order chi connectivity index (χ1) is 14.0. The van der Waals surface area contributed by atoms with Crippen LogP contribution in [0, 0.1) is 5.82 Å². The van der Waals surface area contributed by atoms with Crippen molar-refractivity contribution in [2.75, 3.05) is 5.75 Å². The smallest absolute Gasteiger partial charge is 0.230 e. The Morgan fingerprint density at radius 3 is 2.79 bits per heavy atom. The zero-order valence-corrected chi connectivity index (χ0v) is 17.8. The van der Waals surface area contributed by atoms with Crippen LogP contribution in [0.4, 0.5) is 4.39 Å². The molecule has 2 aromatic rings. The average molecular weight is 434 g/mol. The highest BCUT2D eigenvalue weighted by molar-refractivity contribution is 7.99. The zero-order chi connectivity index (χ0) is 20.3. The Labute approximate surface area is 180 Å². The highest BCUT2D eigenvalue weighted by Crippen LogP contribution is 2.46. The number of carbonyl (C=O) groups excluding carboxylic acids is 1. The molecule has 0 radical (unpaired) electrons. The molecule has 0 aromatic heterocycles. The molecule has 4 rings (SSSR count). The predicted octanol–water partition coefficient (Wildman–Crippen LogP) is 6.06. The van der Waals surface area contributed by atoms with Gasteiger partial charge < -0.3 is 10.1 Å². The number of thioether (sulfide) groups is 1. The number of ether oxygens (including phenoxy) is 1. The molecular weight excluding hydrogens is 409 g/mol. The maximum atomic E-state index is 13.9. The Hall–Kier alpha value is -1.72. The molecule has 1 atom stereocenters. The van der Waals surface area contributed by atoms with Gasteiger partial charge in [-0.1, -0.05) is 42.3 Å². The predicted molar refractivity (Wildman–Crippen MR) is 116 cm³/mol. The Kier molecular flexibility index (Phi) is 6.35. The van der Waals surface area contributed by atoms with Gasteiger partial charge in [-0.2, -0.15) is 0 Å². The number of nitrogens with one attached hydrogen (secondary N) is 1. The van der Waals surface area contributed by atoms with E-state index in [1.807, 2.05) is 24.3 Å². The van der Waals surface area contributed by atoms with Crippen molar-refractivity contribution in [2.24, 2.45) is 0 Å². The van der Waals surface area contributed by atoms with Crippen molar-refractivity contribution in [2.45, 2.75) is 55.9 Å². The van der Waals surface area contributed by atoms with Crippen molar-refractivity contribution in [1.82, 2.24) is 5.32 Å². The highest BCUT2D eigenvalue weighted by atomic mass is 35.5. The molecule has 6 heteroatoms. The van der Waals surface area contributed by atoms with Crippen LogP contribution in [0.3, 0.4) is 0 Å². The van der Waals surface area contributed by atoms with Crippen molar-refractivity contribution in [3.8, 4) is 5.75 Å². The number of amides is 1. The lowest BCUT2D eigenvalue weighted by molar-refractivity contribution is -0.120. The van der Waals surface area contributed by atoms with Gasteiger partial charge in [-0.05, 0) is 49.4 Å². The Bertz CT molecular complexity index is 885. The number of rotatable bonds is 5. The summed E-state index contributed by atoms with van der Waals surface area (Å²) < 4.78 is 20.3. The molecule has 0 saturated heterocycles. The number of halogens is 2. The summed E-state index contributed by atoms with van der Waals surface area (Å²) in [6, 6.07) is 12.6. The summed E-state index contributed by atoms with van der Waals surface area (Å²) in [5.74, 6) is 1.25. The first-order valence-corrected chi connectivity index (χ1v) is 11.7. The Morgan fingerprint density at radius 1 is 1.21 bits per heavy atom. The topological polar surface area (TPSA) is 38.3 Å². The van der Waals surface area contributed by atoms with Crippen LogP contribution < -0.4 is 10.1 Å². The van der Waals surface area contributed by atoms with Gasteiger partial charge in [0.15, 0.2) is 0 Å². The van der Waals surface area contributed by atoms with E-state index in [-0.39, 0.29) is 29.1 Å². The molecule has 2 aliphatic rings. The fraction of sp³-hybridized carbons (Fsp3) is 0.435. The Balaban J connectivity index is 1.39. The molecule has 1 heterocycles. The number of para-hydroxylation sites is 1. The molecule has 0 bridgehead atoms. The summed E-state index contributed by atoms with van der Waals surface area (Å²) >= 11 is 7.20. The fourth-order valence-corrected chi connectivity index (χ4v) is 5.36. The molecule has 2 aromatic carbocycles. The SMILES string of the molecule is O=C(CSCc1ccc(Cl)cc1F)NC1CC2(CCCCC2)Oc2ccccc21. The first kappa shape index (κ1) is 20.5. The quantitative estimate of drug-likeness (QED) is 0.623. The average Bonchev–Trinajstić information content (AvgIpc) is 2.70. The summed E-state index contributed by atoms with van der Waals surface area (Å²) in [6.45, 7) is 0. The van der Waals surface area contributed by atoms with Gasteiger partial charge in [-0.25, -0.2) is 4.39 Å². The lowest BCUT2D eigenvalue weighted by Gasteiger charge is -2.44. The maximum Gasteiger partial charge on any atom is 0.230 e. The molecule has 1 fully saturated rings. The van der Waals surface area contributed by atoms with Crippen LogP contribution in [0.2, 0.25) is 5.02 Å². The van der Waals surface area contributed by atoms with Crippen LogP contribution in [0.5, 0.6) is 5.75 Å². The number of benzene rings is 2. The van der Waals surface area contributed by atoms with E-state index in [0.29, 0.717) is 16.3 Å². The van der Waals surface area contributed by atoms with Crippen LogP contribution in [0.25, 0.3) is 0 Å². The van der Waals surface area contributed by atoms with Gasteiger partial charge in [0.25, 0.3) is 0 Å². The van der Waals surface area contributed by atoms with Gasteiger partial charge in [-0.15, -0.1) is 11.8 Å². The third kappa shape index (κ3) is 4.89. The number of hydrogen-bond donors (Lipinski definition) is 1. The number of carbonyl (C=O) groups is 1. The first-order valence-electron chi connectivity index (χ1n) is 10.1. The van der Waals surface area contributed by atoms with E-state index in [0.717, 1.165) is 30.6 Å². The van der Waals surface area contributed by atoms with Gasteiger partial charge in [0.1, 0.15) is 17.2 Å². The lowest BCUT2D eigenvalue weighted by Crippen LogP contribution is -2.46. The van der Waals surface area contributed by atoms with Crippen LogP contribution >= 0.6 is 23.4 Å². The van der Waals surface area contributed by atoms with Gasteiger partial charge in [0.05, 0.1) is 11.8 Å². The zero-order valence-electron chi connectivity index (χ0n) is 16.3. The van der Waals surface area contributed by atoms with E-state index in [4.69, 9.17) is 16.3 Å². The molecule has 1 aliphatic heterocycles. The maximum absolute atomic E-state index is 13.9. The number of fused-ring (bicyclic) bond motifs is 1. The molecule has 29 heavy (non-hydrogen) atoms. The lowest BCUT2D eigenvalue weighted by atomic mass is 9.77. The minimum atomic E-state index is -0.331. The van der Waals surface area contributed by atoms with E-state index < -0.39 is 0 Å². The van der Waals surface area contributed by atoms with Gasteiger partial charge in [0.2, 0.25) is 5.91 Å². The second-order valence-corrected chi connectivity index (χ2v) is 9.36. The summed E-state index contributed by atoms with van der Waals surface area (Å²) in [7, 11) is 0. The molecule has 1 N–H and O–H groups in total. The van der Waals surface area contributed by atoms with E-state index >= 15 is 0 Å². The fourth-order valence-electron chi connectivity index (χ4n) is 4.38. The highest BCUT2D eigenvalue weighted by Gasteiger charge is 2.42. The number of hydrogen-bond acceptors (Lipinski definition) is 3. The van der Waals surface area contributed by atoms with Crippen LogP contribution in [-0.2, 0) is 10.5 Å². The standard InChI is InChI=1S/C23H25ClFNO2S/c24-17-9-8-16(19(25)12-17)14-29-15-22(27)26-20-13-23(10-4-1-5-11-23)28-21-7-3-2-6-18(20)21/h2-3,6-9,12,20H,1,4-5,10-11,13-15H2,(H,26,27). The molecule has 1 spiro atoms. The monoisotopic (exact) mass is 433 g/mol. The molecule has 1 aliphatic carbocycles. The van der Waals surface area contributed by atoms with E-state index in [1.165, 1.54) is 37.1 Å². The van der Waals surface area contributed by atoms with Crippen molar-refractivity contribution in [3.63, 3.8) is 0 Å². The van der Waals surface area contributed by atoms with Crippen molar-refractivity contribution in [1.29, 1.82) is 0 Å². The van der Waals surface area contributed by atoms with E-state index in [1.54, 1.807) is 12.1 Å². The molecule has 3 nitrogen and oxygen atoms in total. The van der Waals surface area contributed by atoms with E-state index in [2.05, 4.69) is 5.32 Å². The normalized spacial score (nSPS) is 20.0. The third-order valence-electron chi connectivity index (χ3n) is 5.80. The van der Waals surface area contributed by atoms with Gasteiger partial charge >= 0.3 is 0 Å². The minimum absolute atomic E-state index is 0.0305. The van der Waals surface area contributed by atoms with Gasteiger partial charge in [0, 0.05) is 22.8 Å². The summed E-state index contributed by atoms with van der Waals surface area (Å²) in [6.07, 6.45) is 6.49. The summed E-state index contributed by atoms with van der Waals surface area (Å²) in [5.41, 5.74) is 1.44. The summed E-state index contributed by atoms with van der Waals surface area (Å²) in [4.78, 5) is 12.6. The largest absolute Gasteiger partial charge is 0.487 e. The molecule has 1 saturated carbocycles. The van der Waals surface area contributed by atoms with Crippen LogP contribution in [0.1, 0.15) is 55.7 Å². The van der Waals surface area contributed by atoms with Crippen LogP contribution in [0.15, 0.2) is 42.5 Å². The van der Waals surface area contributed by atoms with E-state index in [9.17, 15) is 9.18 Å². The van der Waals surface area contributed by atoms with Crippen molar-refractivity contribution in [3.05, 3.63) is 64.4 Å². The van der Waals surface area contributed by atoms with Crippen molar-refractivity contribution < 1.29 is 13.9 Å². The molecule has 1 amide bonds. The summed E-state index contributed by atoms with van der Waals surface area (Å²) in [5, 5.41) is 3.58. The molecular formula is C23H25ClFNO2S. The molecule has 154 valence electrons.